The van der Waals surface area contributed by atoms with Crippen molar-refractivity contribution in [2.45, 2.75) is 11.3 Å². The molecule has 2 heterocycles. The van der Waals surface area contributed by atoms with Crippen molar-refractivity contribution in [1.29, 1.82) is 0 Å². The van der Waals surface area contributed by atoms with Gasteiger partial charge in [-0.25, -0.2) is 4.98 Å². The van der Waals surface area contributed by atoms with Gasteiger partial charge in [-0.05, 0) is 0 Å². The van der Waals surface area contributed by atoms with Crippen LogP contribution in [0.3, 0.4) is 0 Å². The van der Waals surface area contributed by atoms with Gasteiger partial charge in [0.2, 0.25) is 0 Å². The van der Waals surface area contributed by atoms with E-state index in [0.29, 0.717) is 6.10 Å². The van der Waals surface area contributed by atoms with Crippen molar-refractivity contribution in [1.82, 2.24) is 9.55 Å². The van der Waals surface area contributed by atoms with Crippen LogP contribution in [0, 0.1) is 0 Å². The van der Waals surface area contributed by atoms with Crippen molar-refractivity contribution >= 4 is 11.8 Å². The van der Waals surface area contributed by atoms with E-state index in [4.69, 9.17) is 4.74 Å². The molecule has 2 rings (SSSR count). The number of imidazole rings is 1. The molecule has 1 saturated heterocycles. The predicted molar refractivity (Wildman–Crippen MR) is 43.7 cm³/mol. The average Bonchev–Trinajstić information content (AvgIpc) is 2.73. The minimum atomic E-state index is 0.483. The summed E-state index contributed by atoms with van der Waals surface area (Å²) >= 11 is 1.75. The molecule has 60 valence electrons. The Hall–Kier alpha value is -0.480. The maximum atomic E-state index is 5.09. The monoisotopic (exact) mass is 170 g/mol. The standard InChI is InChI=1S/C7H10N2OS/c1-9-3-2-8-7(9)11-5-6-4-10-6/h2-3,6H,4-5H2,1H3. The summed E-state index contributed by atoms with van der Waals surface area (Å²) in [5.74, 6) is 1.03. The fourth-order valence-electron chi connectivity index (χ4n) is 0.823. The van der Waals surface area contributed by atoms with Gasteiger partial charge in [-0.2, -0.15) is 0 Å². The summed E-state index contributed by atoms with van der Waals surface area (Å²) in [5, 5.41) is 1.07. The van der Waals surface area contributed by atoms with E-state index in [2.05, 4.69) is 4.98 Å². The SMILES string of the molecule is Cn1ccnc1SCC1CO1. The second-order valence-electron chi connectivity index (χ2n) is 2.59. The molecule has 0 radical (unpaired) electrons. The first-order valence-corrected chi connectivity index (χ1v) is 4.56. The number of aryl methyl sites for hydroxylation is 1. The Morgan fingerprint density at radius 2 is 2.73 bits per heavy atom. The van der Waals surface area contributed by atoms with Crippen LogP contribution >= 0.6 is 11.8 Å². The van der Waals surface area contributed by atoms with Gasteiger partial charge in [0.25, 0.3) is 0 Å². The molecule has 3 nitrogen and oxygen atoms in total. The highest BCUT2D eigenvalue weighted by Gasteiger charge is 2.22. The predicted octanol–water partition coefficient (Wildman–Crippen LogP) is 0.911. The van der Waals surface area contributed by atoms with Gasteiger partial charge < -0.3 is 9.30 Å². The third kappa shape index (κ3) is 1.75. The van der Waals surface area contributed by atoms with E-state index in [9.17, 15) is 0 Å². The van der Waals surface area contributed by atoms with E-state index < -0.39 is 0 Å². The zero-order valence-corrected chi connectivity index (χ0v) is 7.17. The third-order valence-electron chi connectivity index (χ3n) is 1.58. The average molecular weight is 170 g/mol. The Balaban J connectivity index is 1.89. The Labute approximate surface area is 69.8 Å². The maximum Gasteiger partial charge on any atom is 0.167 e. The first kappa shape index (κ1) is 7.18. The zero-order chi connectivity index (χ0) is 7.68. The van der Waals surface area contributed by atoms with Gasteiger partial charge >= 0.3 is 0 Å². The molecule has 1 aliphatic heterocycles. The number of epoxide rings is 1. The zero-order valence-electron chi connectivity index (χ0n) is 6.36. The quantitative estimate of drug-likeness (QED) is 0.499. The van der Waals surface area contributed by atoms with Crippen LogP contribution < -0.4 is 0 Å². The van der Waals surface area contributed by atoms with Crippen molar-refractivity contribution in [2.75, 3.05) is 12.4 Å². The minimum Gasteiger partial charge on any atom is -0.372 e. The van der Waals surface area contributed by atoms with Crippen LogP contribution in [0.4, 0.5) is 0 Å². The largest absolute Gasteiger partial charge is 0.372 e. The minimum absolute atomic E-state index is 0.483. The van der Waals surface area contributed by atoms with Crippen LogP contribution in [0.1, 0.15) is 0 Å². The highest BCUT2D eigenvalue weighted by molar-refractivity contribution is 7.99. The van der Waals surface area contributed by atoms with Crippen molar-refractivity contribution in [3.8, 4) is 0 Å². The Morgan fingerprint density at radius 3 is 3.27 bits per heavy atom. The van der Waals surface area contributed by atoms with Crippen molar-refractivity contribution in [2.24, 2.45) is 7.05 Å². The molecule has 0 aliphatic carbocycles. The van der Waals surface area contributed by atoms with Crippen molar-refractivity contribution in [3.05, 3.63) is 12.4 Å². The smallest absolute Gasteiger partial charge is 0.167 e. The normalized spacial score (nSPS) is 22.1. The molecule has 1 aliphatic rings. The maximum absolute atomic E-state index is 5.09. The summed E-state index contributed by atoms with van der Waals surface area (Å²) in [6.45, 7) is 0.928. The number of hydrogen-bond acceptors (Lipinski definition) is 3. The van der Waals surface area contributed by atoms with Crippen LogP contribution in [-0.4, -0.2) is 28.0 Å². The van der Waals surface area contributed by atoms with Crippen LogP contribution in [0.2, 0.25) is 0 Å². The number of aromatic nitrogens is 2. The Morgan fingerprint density at radius 1 is 1.91 bits per heavy atom. The van der Waals surface area contributed by atoms with Crippen LogP contribution in [0.5, 0.6) is 0 Å². The van der Waals surface area contributed by atoms with Gasteiger partial charge in [0.05, 0.1) is 12.7 Å². The summed E-state index contributed by atoms with van der Waals surface area (Å²) in [6.07, 6.45) is 4.25. The lowest BCUT2D eigenvalue weighted by Crippen LogP contribution is -1.93. The Bertz CT molecular complexity index is 244. The van der Waals surface area contributed by atoms with Crippen LogP contribution in [-0.2, 0) is 11.8 Å². The summed E-state index contributed by atoms with van der Waals surface area (Å²) in [7, 11) is 2.00. The molecule has 0 N–H and O–H groups in total. The van der Waals surface area contributed by atoms with Gasteiger partial charge in [-0.3, -0.25) is 0 Å². The van der Waals surface area contributed by atoms with Gasteiger partial charge in [0.1, 0.15) is 0 Å². The molecule has 1 fully saturated rings. The second kappa shape index (κ2) is 2.87. The van der Waals surface area contributed by atoms with Gasteiger partial charge in [0.15, 0.2) is 5.16 Å². The van der Waals surface area contributed by atoms with Crippen LogP contribution in [0.15, 0.2) is 17.6 Å². The molecule has 0 saturated carbocycles. The fourth-order valence-corrected chi connectivity index (χ4v) is 1.75. The number of nitrogens with zero attached hydrogens (tertiary/aromatic N) is 2. The van der Waals surface area contributed by atoms with E-state index in [-0.39, 0.29) is 0 Å². The molecular formula is C7H10N2OS. The fraction of sp³-hybridized carbons (Fsp3) is 0.571. The summed E-state index contributed by atoms with van der Waals surface area (Å²) in [5.41, 5.74) is 0. The molecule has 4 heteroatoms. The molecule has 0 aromatic carbocycles. The molecule has 0 bridgehead atoms. The third-order valence-corrected chi connectivity index (χ3v) is 2.77. The molecule has 1 aromatic heterocycles. The van der Waals surface area contributed by atoms with Crippen LogP contribution in [0.25, 0.3) is 0 Å². The van der Waals surface area contributed by atoms with Crippen molar-refractivity contribution in [3.63, 3.8) is 0 Å². The molecular weight excluding hydrogens is 160 g/mol. The molecule has 11 heavy (non-hydrogen) atoms. The lowest BCUT2D eigenvalue weighted by molar-refractivity contribution is 0.426. The lowest BCUT2D eigenvalue weighted by Gasteiger charge is -1.97. The summed E-state index contributed by atoms with van der Waals surface area (Å²) in [4.78, 5) is 4.19. The highest BCUT2D eigenvalue weighted by atomic mass is 32.2. The first-order valence-electron chi connectivity index (χ1n) is 3.58. The molecule has 0 amide bonds. The number of ether oxygens (including phenoxy) is 1. The van der Waals surface area contributed by atoms with Gasteiger partial charge in [0, 0.05) is 25.2 Å². The summed E-state index contributed by atoms with van der Waals surface area (Å²) < 4.78 is 7.11. The second-order valence-corrected chi connectivity index (χ2v) is 3.57. The highest BCUT2D eigenvalue weighted by Crippen LogP contribution is 2.21. The topological polar surface area (TPSA) is 30.4 Å². The van der Waals surface area contributed by atoms with E-state index >= 15 is 0 Å². The number of rotatable bonds is 3. The molecule has 1 unspecified atom stereocenters. The van der Waals surface area contributed by atoms with E-state index in [1.807, 2.05) is 24.0 Å². The van der Waals surface area contributed by atoms with Gasteiger partial charge in [-0.15, -0.1) is 0 Å². The first-order chi connectivity index (χ1) is 5.36. The molecule has 1 aromatic rings. The van der Waals surface area contributed by atoms with E-state index in [1.54, 1.807) is 11.8 Å². The van der Waals surface area contributed by atoms with E-state index in [1.165, 1.54) is 0 Å². The number of hydrogen-bond donors (Lipinski definition) is 0. The van der Waals surface area contributed by atoms with Gasteiger partial charge in [-0.1, -0.05) is 11.8 Å². The molecule has 0 spiro atoms. The Kier molecular flexibility index (Phi) is 1.87. The number of thioether (sulfide) groups is 1. The molecule has 1 atom stereocenters. The lowest BCUT2D eigenvalue weighted by atomic mass is 10.6. The van der Waals surface area contributed by atoms with E-state index in [0.717, 1.165) is 17.5 Å². The van der Waals surface area contributed by atoms with Crippen molar-refractivity contribution < 1.29 is 4.74 Å². The summed E-state index contributed by atoms with van der Waals surface area (Å²) in [6, 6.07) is 0.